The van der Waals surface area contributed by atoms with Crippen LogP contribution in [0, 0.1) is 17.7 Å². The largest absolute Gasteiger partial charge is 0.390 e. The SMILES string of the molecule is O=C(Nc1ncc2ccc(Br)c(F)c2n1)NC12CC3CC(CC(O)(C3)C1)C2. The van der Waals surface area contributed by atoms with Crippen LogP contribution >= 0.6 is 15.9 Å². The van der Waals surface area contributed by atoms with Crippen LogP contribution < -0.4 is 10.6 Å². The molecule has 1 aromatic carbocycles. The quantitative estimate of drug-likeness (QED) is 0.671. The average Bonchev–Trinajstić information content (AvgIpc) is 2.55. The van der Waals surface area contributed by atoms with Gasteiger partial charge in [-0.2, -0.15) is 0 Å². The third-order valence-corrected chi connectivity index (χ3v) is 6.89. The Labute approximate surface area is 164 Å². The molecule has 8 heteroatoms. The molecule has 0 spiro atoms. The Balaban J connectivity index is 1.35. The minimum Gasteiger partial charge on any atom is -0.390 e. The molecule has 2 unspecified atom stereocenters. The van der Waals surface area contributed by atoms with Crippen molar-refractivity contribution in [2.45, 2.75) is 49.7 Å². The van der Waals surface area contributed by atoms with Gasteiger partial charge in [-0.3, -0.25) is 5.32 Å². The smallest absolute Gasteiger partial charge is 0.322 e. The summed E-state index contributed by atoms with van der Waals surface area (Å²) in [5, 5.41) is 17.1. The van der Waals surface area contributed by atoms with Crippen molar-refractivity contribution in [1.29, 1.82) is 0 Å². The van der Waals surface area contributed by atoms with E-state index >= 15 is 0 Å². The molecule has 2 atom stereocenters. The number of rotatable bonds is 2. The lowest BCUT2D eigenvalue weighted by Crippen LogP contribution is -2.65. The standard InChI is InChI=1S/C19H20BrFN4O2/c20-13-2-1-12-8-22-16(23-15(12)14(13)21)24-17(26)25-18-4-10-3-11(5-18)7-19(27,6-10)9-18/h1-2,8,10-11,27H,3-7,9H2,(H2,22,23,24,25,26). The maximum absolute atomic E-state index is 14.3. The second-order valence-electron chi connectivity index (χ2n) is 8.54. The van der Waals surface area contributed by atoms with Gasteiger partial charge in [0.05, 0.1) is 10.1 Å². The maximum Gasteiger partial charge on any atom is 0.322 e. The fourth-order valence-corrected chi connectivity index (χ4v) is 6.15. The summed E-state index contributed by atoms with van der Waals surface area (Å²) in [5.41, 5.74) is -0.862. The summed E-state index contributed by atoms with van der Waals surface area (Å²) in [7, 11) is 0. The first-order valence-electron chi connectivity index (χ1n) is 9.25. The molecule has 0 aliphatic heterocycles. The van der Waals surface area contributed by atoms with Gasteiger partial charge in [0.1, 0.15) is 5.52 Å². The summed E-state index contributed by atoms with van der Waals surface area (Å²) >= 11 is 3.14. The van der Waals surface area contributed by atoms with Crippen molar-refractivity contribution in [2.24, 2.45) is 11.8 Å². The topological polar surface area (TPSA) is 87.1 Å². The number of amides is 2. The van der Waals surface area contributed by atoms with Crippen molar-refractivity contribution < 1.29 is 14.3 Å². The van der Waals surface area contributed by atoms with E-state index in [1.807, 2.05) is 0 Å². The number of nitrogens with one attached hydrogen (secondary N) is 2. The van der Waals surface area contributed by atoms with Crippen molar-refractivity contribution in [3.63, 3.8) is 0 Å². The summed E-state index contributed by atoms with van der Waals surface area (Å²) in [6.45, 7) is 0. The zero-order valence-electron chi connectivity index (χ0n) is 14.6. The van der Waals surface area contributed by atoms with Crippen molar-refractivity contribution in [3.05, 3.63) is 28.6 Å². The minimum absolute atomic E-state index is 0.0560. The van der Waals surface area contributed by atoms with Gasteiger partial charge in [-0.25, -0.2) is 19.2 Å². The van der Waals surface area contributed by atoms with Gasteiger partial charge < -0.3 is 10.4 Å². The Hall–Kier alpha value is -1.80. The van der Waals surface area contributed by atoms with Crippen LogP contribution in [0.4, 0.5) is 15.1 Å². The Bertz CT molecular complexity index is 939. The summed E-state index contributed by atoms with van der Waals surface area (Å²) in [5.74, 6) is 0.516. The molecule has 27 heavy (non-hydrogen) atoms. The third kappa shape index (κ3) is 2.99. The predicted octanol–water partition coefficient (Wildman–Crippen LogP) is 3.74. The second-order valence-corrected chi connectivity index (χ2v) is 9.39. The lowest BCUT2D eigenvalue weighted by molar-refractivity contribution is -0.138. The molecule has 3 N–H and O–H groups in total. The molecule has 4 saturated carbocycles. The van der Waals surface area contributed by atoms with Crippen molar-refractivity contribution >= 4 is 38.8 Å². The molecule has 4 aliphatic carbocycles. The number of fused-ring (bicyclic) bond motifs is 1. The molecular weight excluding hydrogens is 415 g/mol. The minimum atomic E-state index is -0.647. The monoisotopic (exact) mass is 434 g/mol. The molecule has 142 valence electrons. The summed E-state index contributed by atoms with van der Waals surface area (Å²) in [4.78, 5) is 20.9. The van der Waals surface area contributed by atoms with Crippen LogP contribution in [-0.4, -0.2) is 32.2 Å². The van der Waals surface area contributed by atoms with Crippen LogP contribution in [0.3, 0.4) is 0 Å². The first kappa shape index (κ1) is 17.3. The van der Waals surface area contributed by atoms with Crippen LogP contribution in [-0.2, 0) is 0 Å². The average molecular weight is 435 g/mol. The zero-order valence-corrected chi connectivity index (χ0v) is 16.2. The summed E-state index contributed by atoms with van der Waals surface area (Å²) in [6, 6.07) is 2.90. The highest BCUT2D eigenvalue weighted by Gasteiger charge is 2.57. The highest BCUT2D eigenvalue weighted by atomic mass is 79.9. The lowest BCUT2D eigenvalue weighted by atomic mass is 9.51. The first-order valence-corrected chi connectivity index (χ1v) is 10.0. The maximum atomic E-state index is 14.3. The Kier molecular flexibility index (Phi) is 3.75. The highest BCUT2D eigenvalue weighted by molar-refractivity contribution is 9.10. The summed E-state index contributed by atoms with van der Waals surface area (Å²) < 4.78 is 14.6. The Morgan fingerprint density at radius 3 is 2.70 bits per heavy atom. The van der Waals surface area contributed by atoms with E-state index < -0.39 is 17.4 Å². The van der Waals surface area contributed by atoms with E-state index in [4.69, 9.17) is 0 Å². The van der Waals surface area contributed by atoms with Crippen LogP contribution in [0.2, 0.25) is 0 Å². The van der Waals surface area contributed by atoms with Crippen LogP contribution in [0.25, 0.3) is 10.9 Å². The van der Waals surface area contributed by atoms with Crippen molar-refractivity contribution in [2.75, 3.05) is 5.32 Å². The number of hydrogen-bond acceptors (Lipinski definition) is 4. The van der Waals surface area contributed by atoms with E-state index in [-0.39, 0.29) is 17.0 Å². The van der Waals surface area contributed by atoms with E-state index in [2.05, 4.69) is 36.5 Å². The van der Waals surface area contributed by atoms with Gasteiger partial charge in [-0.05, 0) is 78.4 Å². The number of aromatic nitrogens is 2. The highest BCUT2D eigenvalue weighted by Crippen LogP contribution is 2.57. The van der Waals surface area contributed by atoms with E-state index in [1.165, 1.54) is 6.20 Å². The number of halogens is 2. The van der Waals surface area contributed by atoms with Gasteiger partial charge in [0.15, 0.2) is 5.82 Å². The molecule has 2 amide bonds. The van der Waals surface area contributed by atoms with Gasteiger partial charge in [0.25, 0.3) is 0 Å². The molecule has 0 saturated heterocycles. The molecule has 4 fully saturated rings. The number of anilines is 1. The molecule has 1 heterocycles. The number of carbonyl (C=O) groups excluding carboxylic acids is 1. The van der Waals surface area contributed by atoms with Crippen LogP contribution in [0.1, 0.15) is 38.5 Å². The van der Waals surface area contributed by atoms with Crippen LogP contribution in [0.15, 0.2) is 22.8 Å². The number of benzene rings is 1. The van der Waals surface area contributed by atoms with Gasteiger partial charge in [0.2, 0.25) is 5.95 Å². The van der Waals surface area contributed by atoms with Crippen molar-refractivity contribution in [3.8, 4) is 0 Å². The molecule has 1 aromatic heterocycles. The van der Waals surface area contributed by atoms with Crippen molar-refractivity contribution in [1.82, 2.24) is 15.3 Å². The fourth-order valence-electron chi connectivity index (χ4n) is 5.83. The van der Waals surface area contributed by atoms with Gasteiger partial charge >= 0.3 is 6.03 Å². The first-order chi connectivity index (χ1) is 12.8. The molecule has 6 rings (SSSR count). The molecule has 6 nitrogen and oxygen atoms in total. The van der Waals surface area contributed by atoms with E-state index in [1.54, 1.807) is 12.1 Å². The number of urea groups is 1. The number of nitrogens with zero attached hydrogens (tertiary/aromatic N) is 2. The lowest BCUT2D eigenvalue weighted by Gasteiger charge is -2.60. The number of hydrogen-bond donors (Lipinski definition) is 3. The predicted molar refractivity (Wildman–Crippen MR) is 102 cm³/mol. The van der Waals surface area contributed by atoms with E-state index in [0.717, 1.165) is 32.1 Å². The van der Waals surface area contributed by atoms with Gasteiger partial charge in [0, 0.05) is 17.1 Å². The second kappa shape index (κ2) is 5.85. The fraction of sp³-hybridized carbons (Fsp3) is 0.526. The molecular formula is C19H20BrFN4O2. The van der Waals surface area contributed by atoms with E-state index in [9.17, 15) is 14.3 Å². The van der Waals surface area contributed by atoms with Crippen LogP contribution in [0.5, 0.6) is 0 Å². The molecule has 4 bridgehead atoms. The van der Waals surface area contributed by atoms with E-state index in [0.29, 0.717) is 28.1 Å². The molecule has 0 radical (unpaired) electrons. The number of aliphatic hydroxyl groups is 1. The Morgan fingerprint density at radius 1 is 1.26 bits per heavy atom. The van der Waals surface area contributed by atoms with Gasteiger partial charge in [-0.1, -0.05) is 0 Å². The van der Waals surface area contributed by atoms with Gasteiger partial charge in [-0.15, -0.1) is 0 Å². The summed E-state index contributed by atoms with van der Waals surface area (Å²) in [6.07, 6.45) is 6.72. The zero-order chi connectivity index (χ0) is 18.8. The molecule has 4 aliphatic rings. The molecule has 2 aromatic rings. The number of carbonyl (C=O) groups is 1. The third-order valence-electron chi connectivity index (χ3n) is 6.28. The Morgan fingerprint density at radius 2 is 2.00 bits per heavy atom. The normalized spacial score (nSPS) is 34.0.